The molecular formula is C10H15N3O3. The molecule has 0 aromatic carbocycles. The Morgan fingerprint density at radius 1 is 1.50 bits per heavy atom. The molecule has 0 spiro atoms. The fourth-order valence-corrected chi connectivity index (χ4v) is 0.983. The minimum atomic E-state index is -0.234. The number of pyridine rings is 1. The van der Waals surface area contributed by atoms with Crippen LogP contribution in [-0.2, 0) is 14.3 Å². The summed E-state index contributed by atoms with van der Waals surface area (Å²) in [6.07, 6.45) is 1.49. The molecule has 0 atom stereocenters. The van der Waals surface area contributed by atoms with Crippen molar-refractivity contribution in [2.75, 3.05) is 38.0 Å². The van der Waals surface area contributed by atoms with Crippen LogP contribution in [0.2, 0.25) is 0 Å². The van der Waals surface area contributed by atoms with Gasteiger partial charge in [0.25, 0.3) is 0 Å². The van der Waals surface area contributed by atoms with Gasteiger partial charge in [0.2, 0.25) is 5.91 Å². The summed E-state index contributed by atoms with van der Waals surface area (Å²) in [7, 11) is 1.57. The number of nitrogen functional groups attached to an aromatic ring is 1. The quantitative estimate of drug-likeness (QED) is 0.678. The number of anilines is 2. The molecule has 0 aliphatic heterocycles. The van der Waals surface area contributed by atoms with Crippen molar-refractivity contribution in [2.24, 2.45) is 0 Å². The summed E-state index contributed by atoms with van der Waals surface area (Å²) >= 11 is 0. The standard InChI is InChI=1S/C10H15N3O3/c1-15-4-5-16-7-10(14)13-8-2-3-9(11)12-6-8/h2-3,6H,4-5,7H2,1H3,(H2,11,12)(H,13,14). The third-order valence-electron chi connectivity index (χ3n) is 1.74. The third-order valence-corrected chi connectivity index (χ3v) is 1.74. The first-order chi connectivity index (χ1) is 7.72. The number of amides is 1. The molecule has 0 fully saturated rings. The van der Waals surface area contributed by atoms with Crippen molar-refractivity contribution in [2.45, 2.75) is 0 Å². The first-order valence-electron chi connectivity index (χ1n) is 4.80. The number of hydrogen-bond donors (Lipinski definition) is 2. The van der Waals surface area contributed by atoms with Gasteiger partial charge in [-0.1, -0.05) is 0 Å². The lowest BCUT2D eigenvalue weighted by molar-refractivity contribution is -0.121. The molecule has 0 saturated carbocycles. The van der Waals surface area contributed by atoms with Gasteiger partial charge in [-0.2, -0.15) is 0 Å². The summed E-state index contributed by atoms with van der Waals surface area (Å²) in [5.74, 6) is 0.178. The minimum absolute atomic E-state index is 0.00621. The van der Waals surface area contributed by atoms with Crippen molar-refractivity contribution in [3.05, 3.63) is 18.3 Å². The molecule has 88 valence electrons. The van der Waals surface area contributed by atoms with E-state index < -0.39 is 0 Å². The number of aromatic nitrogens is 1. The van der Waals surface area contributed by atoms with Gasteiger partial charge in [-0.15, -0.1) is 0 Å². The number of nitrogens with two attached hydrogens (primary N) is 1. The third kappa shape index (κ3) is 4.72. The first-order valence-corrected chi connectivity index (χ1v) is 4.80. The van der Waals surface area contributed by atoms with Gasteiger partial charge in [0, 0.05) is 7.11 Å². The van der Waals surface area contributed by atoms with E-state index in [-0.39, 0.29) is 12.5 Å². The fraction of sp³-hybridized carbons (Fsp3) is 0.400. The molecule has 3 N–H and O–H groups in total. The molecule has 0 bridgehead atoms. The lowest BCUT2D eigenvalue weighted by Crippen LogP contribution is -2.19. The number of ether oxygens (including phenoxy) is 2. The van der Waals surface area contributed by atoms with Crippen LogP contribution in [0, 0.1) is 0 Å². The van der Waals surface area contributed by atoms with E-state index in [2.05, 4.69) is 10.3 Å². The maximum atomic E-state index is 11.3. The number of nitrogens with one attached hydrogen (secondary N) is 1. The predicted molar refractivity (Wildman–Crippen MR) is 60.0 cm³/mol. The van der Waals surface area contributed by atoms with E-state index in [9.17, 15) is 4.79 Å². The topological polar surface area (TPSA) is 86.5 Å². The molecule has 6 nitrogen and oxygen atoms in total. The molecule has 0 aliphatic carbocycles. The van der Waals surface area contributed by atoms with Gasteiger partial charge in [0.05, 0.1) is 25.1 Å². The molecule has 0 unspecified atom stereocenters. The summed E-state index contributed by atoms with van der Waals surface area (Å²) < 4.78 is 9.82. The average molecular weight is 225 g/mol. The van der Waals surface area contributed by atoms with E-state index in [1.807, 2.05) is 0 Å². The number of carbonyl (C=O) groups excluding carboxylic acids is 1. The molecule has 0 saturated heterocycles. The van der Waals surface area contributed by atoms with Crippen LogP contribution >= 0.6 is 0 Å². The first kappa shape index (κ1) is 12.4. The Kier molecular flexibility index (Phi) is 5.24. The maximum Gasteiger partial charge on any atom is 0.250 e. The second kappa shape index (κ2) is 6.76. The monoisotopic (exact) mass is 225 g/mol. The molecular weight excluding hydrogens is 210 g/mol. The zero-order chi connectivity index (χ0) is 11.8. The highest BCUT2D eigenvalue weighted by Crippen LogP contribution is 2.06. The van der Waals surface area contributed by atoms with Gasteiger partial charge < -0.3 is 20.5 Å². The molecule has 1 aromatic rings. The van der Waals surface area contributed by atoms with Crippen molar-refractivity contribution in [3.8, 4) is 0 Å². The van der Waals surface area contributed by atoms with E-state index in [0.29, 0.717) is 24.7 Å². The Bertz CT molecular complexity index is 327. The maximum absolute atomic E-state index is 11.3. The second-order valence-electron chi connectivity index (χ2n) is 3.07. The summed E-state index contributed by atoms with van der Waals surface area (Å²) in [5, 5.41) is 2.62. The van der Waals surface area contributed by atoms with Crippen molar-refractivity contribution in [1.29, 1.82) is 0 Å². The largest absolute Gasteiger partial charge is 0.384 e. The van der Waals surface area contributed by atoms with Crippen LogP contribution in [0.1, 0.15) is 0 Å². The van der Waals surface area contributed by atoms with Crippen molar-refractivity contribution in [3.63, 3.8) is 0 Å². The molecule has 1 aromatic heterocycles. The van der Waals surface area contributed by atoms with Crippen LogP contribution < -0.4 is 11.1 Å². The SMILES string of the molecule is COCCOCC(=O)Nc1ccc(N)nc1. The zero-order valence-corrected chi connectivity index (χ0v) is 9.10. The highest BCUT2D eigenvalue weighted by atomic mass is 16.5. The normalized spacial score (nSPS) is 10.1. The zero-order valence-electron chi connectivity index (χ0n) is 9.10. The van der Waals surface area contributed by atoms with Gasteiger partial charge >= 0.3 is 0 Å². The second-order valence-corrected chi connectivity index (χ2v) is 3.07. The van der Waals surface area contributed by atoms with Crippen molar-refractivity contribution in [1.82, 2.24) is 4.98 Å². The van der Waals surface area contributed by atoms with E-state index in [4.69, 9.17) is 15.2 Å². The average Bonchev–Trinajstić information content (AvgIpc) is 2.28. The van der Waals surface area contributed by atoms with Crippen LogP contribution in [0.25, 0.3) is 0 Å². The smallest absolute Gasteiger partial charge is 0.250 e. The number of hydrogen-bond acceptors (Lipinski definition) is 5. The molecule has 1 rings (SSSR count). The highest BCUT2D eigenvalue weighted by molar-refractivity contribution is 5.91. The summed E-state index contributed by atoms with van der Waals surface area (Å²) in [5.41, 5.74) is 6.00. The van der Waals surface area contributed by atoms with Crippen molar-refractivity contribution < 1.29 is 14.3 Å². The Hall–Kier alpha value is -1.66. The van der Waals surface area contributed by atoms with Gasteiger partial charge in [-0.3, -0.25) is 4.79 Å². The van der Waals surface area contributed by atoms with E-state index >= 15 is 0 Å². The lowest BCUT2D eigenvalue weighted by atomic mass is 10.4. The van der Waals surface area contributed by atoms with E-state index in [1.54, 1.807) is 19.2 Å². The van der Waals surface area contributed by atoms with E-state index in [0.717, 1.165) is 0 Å². The fourth-order valence-electron chi connectivity index (χ4n) is 0.983. The number of rotatable bonds is 6. The Labute approximate surface area is 93.8 Å². The van der Waals surface area contributed by atoms with Crippen molar-refractivity contribution >= 4 is 17.4 Å². The molecule has 16 heavy (non-hydrogen) atoms. The minimum Gasteiger partial charge on any atom is -0.384 e. The Balaban J connectivity index is 2.26. The molecule has 1 heterocycles. The van der Waals surface area contributed by atoms with Crippen LogP contribution in [0.5, 0.6) is 0 Å². The molecule has 1 amide bonds. The Morgan fingerprint density at radius 2 is 2.31 bits per heavy atom. The summed E-state index contributed by atoms with van der Waals surface area (Å²) in [6, 6.07) is 3.29. The van der Waals surface area contributed by atoms with Crippen LogP contribution in [0.3, 0.4) is 0 Å². The number of methoxy groups -OCH3 is 1. The molecule has 0 aliphatic rings. The molecule has 0 radical (unpaired) electrons. The number of carbonyl (C=O) groups is 1. The van der Waals surface area contributed by atoms with Gasteiger partial charge in [0.1, 0.15) is 12.4 Å². The highest BCUT2D eigenvalue weighted by Gasteiger charge is 2.02. The summed E-state index contributed by atoms with van der Waals surface area (Å²) in [6.45, 7) is 0.856. The summed E-state index contributed by atoms with van der Waals surface area (Å²) in [4.78, 5) is 15.2. The van der Waals surface area contributed by atoms with Gasteiger partial charge in [-0.25, -0.2) is 4.98 Å². The van der Waals surface area contributed by atoms with Gasteiger partial charge in [-0.05, 0) is 12.1 Å². The number of nitrogens with zero attached hydrogens (tertiary/aromatic N) is 1. The van der Waals surface area contributed by atoms with Crippen LogP contribution in [0.4, 0.5) is 11.5 Å². The van der Waals surface area contributed by atoms with Crippen LogP contribution in [0.15, 0.2) is 18.3 Å². The van der Waals surface area contributed by atoms with E-state index in [1.165, 1.54) is 6.20 Å². The molecule has 6 heteroatoms. The lowest BCUT2D eigenvalue weighted by Gasteiger charge is -2.05. The Morgan fingerprint density at radius 3 is 2.94 bits per heavy atom. The van der Waals surface area contributed by atoms with Crippen LogP contribution in [-0.4, -0.2) is 37.8 Å². The van der Waals surface area contributed by atoms with Gasteiger partial charge in [0.15, 0.2) is 0 Å². The predicted octanol–water partition coefficient (Wildman–Crippen LogP) is 0.265.